The monoisotopic (exact) mass is 402 g/mol. The Morgan fingerprint density at radius 3 is 1.78 bits per heavy atom. The van der Waals surface area contributed by atoms with Crippen LogP contribution in [0.4, 0.5) is 4.79 Å². The third-order valence-corrected chi connectivity index (χ3v) is 6.43. The van der Waals surface area contributed by atoms with Gasteiger partial charge in [0.05, 0.1) is 0 Å². The topological polar surface area (TPSA) is 41.1 Å². The maximum absolute atomic E-state index is 12.3. The standard InChI is InChI=1S/C22H24Cl2N2O/c23-18-6-1-14(2-7-18)16-5-10-20(11-16)25-22(27)26-21-12-17(13-21)15-3-8-19(24)9-4-15/h1-4,6-9,16-17,20-21H,5,10-13H2,(H2,25,26,27). The number of nitrogens with one attached hydrogen (secondary N) is 2. The summed E-state index contributed by atoms with van der Waals surface area (Å²) in [6.45, 7) is 0. The number of hydrogen-bond acceptors (Lipinski definition) is 1. The maximum Gasteiger partial charge on any atom is 0.315 e. The van der Waals surface area contributed by atoms with E-state index in [2.05, 4.69) is 34.9 Å². The van der Waals surface area contributed by atoms with Gasteiger partial charge in [-0.25, -0.2) is 4.79 Å². The smallest absolute Gasteiger partial charge is 0.315 e. The molecule has 4 rings (SSSR count). The van der Waals surface area contributed by atoms with Crippen LogP contribution >= 0.6 is 23.2 Å². The number of benzene rings is 2. The molecule has 2 fully saturated rings. The second-order valence-electron chi connectivity index (χ2n) is 7.79. The Kier molecular flexibility index (Phi) is 5.60. The highest BCUT2D eigenvalue weighted by atomic mass is 35.5. The lowest BCUT2D eigenvalue weighted by Gasteiger charge is -2.36. The summed E-state index contributed by atoms with van der Waals surface area (Å²) in [4.78, 5) is 12.3. The van der Waals surface area contributed by atoms with E-state index in [0.717, 1.165) is 42.1 Å². The van der Waals surface area contributed by atoms with Crippen LogP contribution in [-0.2, 0) is 0 Å². The predicted octanol–water partition coefficient (Wildman–Crippen LogP) is 5.87. The molecule has 2 aromatic carbocycles. The van der Waals surface area contributed by atoms with Crippen molar-refractivity contribution in [3.8, 4) is 0 Å². The third kappa shape index (κ3) is 4.59. The molecule has 0 radical (unpaired) electrons. The number of carbonyl (C=O) groups excluding carboxylic acids is 1. The van der Waals surface area contributed by atoms with Crippen molar-refractivity contribution in [2.45, 2.75) is 56.0 Å². The van der Waals surface area contributed by atoms with Gasteiger partial charge in [0.2, 0.25) is 0 Å². The summed E-state index contributed by atoms with van der Waals surface area (Å²) in [5.74, 6) is 1.03. The second kappa shape index (κ2) is 8.12. The van der Waals surface area contributed by atoms with Crippen LogP contribution in [0.1, 0.15) is 55.1 Å². The van der Waals surface area contributed by atoms with Crippen molar-refractivity contribution in [3.05, 3.63) is 69.7 Å². The molecule has 2 aliphatic carbocycles. The summed E-state index contributed by atoms with van der Waals surface area (Å²) < 4.78 is 0. The first-order valence-corrected chi connectivity index (χ1v) is 10.4. The Morgan fingerprint density at radius 1 is 0.704 bits per heavy atom. The quantitative estimate of drug-likeness (QED) is 0.658. The van der Waals surface area contributed by atoms with Crippen LogP contribution in [0.5, 0.6) is 0 Å². The molecule has 5 heteroatoms. The molecule has 142 valence electrons. The van der Waals surface area contributed by atoms with Crippen molar-refractivity contribution >= 4 is 29.2 Å². The summed E-state index contributed by atoms with van der Waals surface area (Å²) in [6, 6.07) is 16.6. The average Bonchev–Trinajstić information content (AvgIpc) is 3.08. The third-order valence-electron chi connectivity index (χ3n) is 5.92. The van der Waals surface area contributed by atoms with Gasteiger partial charge in [0, 0.05) is 22.1 Å². The minimum absolute atomic E-state index is 0.0312. The van der Waals surface area contributed by atoms with E-state index in [4.69, 9.17) is 23.2 Å². The molecule has 2 saturated carbocycles. The fraction of sp³-hybridized carbons (Fsp3) is 0.409. The molecule has 2 N–H and O–H groups in total. The van der Waals surface area contributed by atoms with Crippen LogP contribution in [-0.4, -0.2) is 18.1 Å². The Hall–Kier alpha value is -1.71. The Morgan fingerprint density at radius 2 is 1.19 bits per heavy atom. The Bertz CT molecular complexity index is 785. The van der Waals surface area contributed by atoms with E-state index in [1.54, 1.807) is 0 Å². The highest BCUT2D eigenvalue weighted by molar-refractivity contribution is 6.30. The lowest BCUT2D eigenvalue weighted by Crippen LogP contribution is -2.49. The molecule has 3 nitrogen and oxygen atoms in total. The van der Waals surface area contributed by atoms with Gasteiger partial charge in [0.15, 0.2) is 0 Å². The number of carbonyl (C=O) groups is 1. The fourth-order valence-corrected chi connectivity index (χ4v) is 4.56. The summed E-state index contributed by atoms with van der Waals surface area (Å²) in [5.41, 5.74) is 2.62. The van der Waals surface area contributed by atoms with Gasteiger partial charge in [-0.05, 0) is 79.3 Å². The lowest BCUT2D eigenvalue weighted by molar-refractivity contribution is 0.219. The molecule has 27 heavy (non-hydrogen) atoms. The van der Waals surface area contributed by atoms with Crippen molar-refractivity contribution in [1.82, 2.24) is 10.6 Å². The van der Waals surface area contributed by atoms with Crippen LogP contribution in [0.25, 0.3) is 0 Å². The largest absolute Gasteiger partial charge is 0.335 e. The lowest BCUT2D eigenvalue weighted by atomic mass is 9.76. The predicted molar refractivity (Wildman–Crippen MR) is 111 cm³/mol. The minimum atomic E-state index is -0.0312. The first kappa shape index (κ1) is 18.6. The zero-order valence-corrected chi connectivity index (χ0v) is 16.6. The number of urea groups is 1. The SMILES string of the molecule is O=C(NC1CCC(c2ccc(Cl)cc2)C1)NC1CC(c2ccc(Cl)cc2)C1. The number of hydrogen-bond donors (Lipinski definition) is 2. The highest BCUT2D eigenvalue weighted by Crippen LogP contribution is 2.37. The molecular formula is C22H24Cl2N2O. The van der Waals surface area contributed by atoms with Gasteiger partial charge in [0.1, 0.15) is 0 Å². The average molecular weight is 403 g/mol. The first-order valence-electron chi connectivity index (χ1n) is 9.65. The molecule has 0 bridgehead atoms. The van der Waals surface area contributed by atoms with E-state index >= 15 is 0 Å². The van der Waals surface area contributed by atoms with Gasteiger partial charge in [-0.3, -0.25) is 0 Å². The van der Waals surface area contributed by atoms with Crippen molar-refractivity contribution in [2.24, 2.45) is 0 Å². The molecular weight excluding hydrogens is 379 g/mol. The molecule has 2 unspecified atom stereocenters. The summed E-state index contributed by atoms with van der Waals surface area (Å²) >= 11 is 11.9. The van der Waals surface area contributed by atoms with Crippen molar-refractivity contribution < 1.29 is 4.79 Å². The van der Waals surface area contributed by atoms with E-state index in [9.17, 15) is 4.79 Å². The van der Waals surface area contributed by atoms with Crippen LogP contribution in [0.2, 0.25) is 10.0 Å². The second-order valence-corrected chi connectivity index (χ2v) is 8.67. The summed E-state index contributed by atoms with van der Waals surface area (Å²) in [5, 5.41) is 7.81. The fourth-order valence-electron chi connectivity index (χ4n) is 4.31. The van der Waals surface area contributed by atoms with Gasteiger partial charge in [-0.1, -0.05) is 47.5 Å². The van der Waals surface area contributed by atoms with Gasteiger partial charge in [-0.2, -0.15) is 0 Å². The first-order chi connectivity index (χ1) is 13.1. The molecule has 2 aliphatic rings. The molecule has 2 amide bonds. The van der Waals surface area contributed by atoms with Gasteiger partial charge in [-0.15, -0.1) is 0 Å². The molecule has 0 saturated heterocycles. The van der Waals surface area contributed by atoms with E-state index in [1.807, 2.05) is 24.3 Å². The van der Waals surface area contributed by atoms with Crippen molar-refractivity contribution in [3.63, 3.8) is 0 Å². The van der Waals surface area contributed by atoms with Crippen LogP contribution < -0.4 is 10.6 Å². The Labute approximate surface area is 170 Å². The molecule has 0 aliphatic heterocycles. The highest BCUT2D eigenvalue weighted by Gasteiger charge is 2.32. The van der Waals surface area contributed by atoms with Crippen molar-refractivity contribution in [2.75, 3.05) is 0 Å². The normalized spacial score (nSPS) is 27.0. The number of amides is 2. The summed E-state index contributed by atoms with van der Waals surface area (Å²) in [6.07, 6.45) is 5.11. The van der Waals surface area contributed by atoms with Crippen molar-refractivity contribution in [1.29, 1.82) is 0 Å². The van der Waals surface area contributed by atoms with E-state index < -0.39 is 0 Å². The minimum Gasteiger partial charge on any atom is -0.335 e. The molecule has 2 atom stereocenters. The van der Waals surface area contributed by atoms with E-state index in [1.165, 1.54) is 11.1 Å². The Balaban J connectivity index is 1.20. The van der Waals surface area contributed by atoms with Crippen LogP contribution in [0.3, 0.4) is 0 Å². The van der Waals surface area contributed by atoms with E-state index in [0.29, 0.717) is 11.8 Å². The van der Waals surface area contributed by atoms with Gasteiger partial charge in [0.25, 0.3) is 0 Å². The molecule has 0 heterocycles. The van der Waals surface area contributed by atoms with Gasteiger partial charge >= 0.3 is 6.03 Å². The molecule has 0 spiro atoms. The zero-order valence-electron chi connectivity index (χ0n) is 15.1. The van der Waals surface area contributed by atoms with E-state index in [-0.39, 0.29) is 18.1 Å². The zero-order chi connectivity index (χ0) is 18.8. The van der Waals surface area contributed by atoms with Crippen LogP contribution in [0.15, 0.2) is 48.5 Å². The maximum atomic E-state index is 12.3. The summed E-state index contributed by atoms with van der Waals surface area (Å²) in [7, 11) is 0. The number of rotatable bonds is 4. The molecule has 0 aromatic heterocycles. The van der Waals surface area contributed by atoms with Gasteiger partial charge < -0.3 is 10.6 Å². The molecule has 2 aromatic rings. The number of halogens is 2. The van der Waals surface area contributed by atoms with Crippen LogP contribution in [0, 0.1) is 0 Å².